The van der Waals surface area contributed by atoms with Gasteiger partial charge < -0.3 is 14.8 Å². The fourth-order valence-corrected chi connectivity index (χ4v) is 3.01. The molecule has 0 fully saturated rings. The highest BCUT2D eigenvalue weighted by atomic mass is 32.2. The van der Waals surface area contributed by atoms with Crippen LogP contribution in [0.4, 0.5) is 0 Å². The van der Waals surface area contributed by atoms with Gasteiger partial charge >= 0.3 is 0 Å². The fourth-order valence-electron chi connectivity index (χ4n) is 2.24. The number of amides is 1. The molecule has 1 heterocycles. The molecule has 4 nitrogen and oxygen atoms in total. The molecule has 0 saturated heterocycles. The van der Waals surface area contributed by atoms with Crippen molar-refractivity contribution < 1.29 is 14.3 Å². The van der Waals surface area contributed by atoms with E-state index in [0.29, 0.717) is 18.0 Å². The second-order valence-electron chi connectivity index (χ2n) is 5.32. The van der Waals surface area contributed by atoms with E-state index in [9.17, 15) is 4.79 Å². The minimum Gasteiger partial charge on any atom is -0.485 e. The quantitative estimate of drug-likeness (QED) is 0.676. The molecule has 5 heteroatoms. The number of carbonyl (C=O) groups is 1. The first-order chi connectivity index (χ1) is 11.2. The molecular formula is C18H19NO3S. The van der Waals surface area contributed by atoms with Gasteiger partial charge in [0.25, 0.3) is 5.91 Å². The first-order valence-corrected chi connectivity index (χ1v) is 8.56. The number of para-hydroxylation sites is 2. The van der Waals surface area contributed by atoms with Crippen LogP contribution in [-0.4, -0.2) is 30.9 Å². The van der Waals surface area contributed by atoms with Crippen molar-refractivity contribution in [2.45, 2.75) is 17.9 Å². The molecule has 0 aromatic heterocycles. The second-order valence-corrected chi connectivity index (χ2v) is 6.49. The van der Waals surface area contributed by atoms with Gasteiger partial charge in [-0.15, -0.1) is 11.8 Å². The van der Waals surface area contributed by atoms with E-state index >= 15 is 0 Å². The van der Waals surface area contributed by atoms with Gasteiger partial charge in [0.2, 0.25) is 6.10 Å². The zero-order valence-corrected chi connectivity index (χ0v) is 13.8. The molecule has 120 valence electrons. The average Bonchev–Trinajstić information content (AvgIpc) is 2.59. The van der Waals surface area contributed by atoms with Crippen LogP contribution in [0.5, 0.6) is 11.5 Å². The highest BCUT2D eigenvalue weighted by Crippen LogP contribution is 2.30. The summed E-state index contributed by atoms with van der Waals surface area (Å²) in [5, 5.41) is 2.90. The van der Waals surface area contributed by atoms with E-state index in [-0.39, 0.29) is 12.5 Å². The van der Waals surface area contributed by atoms with Crippen molar-refractivity contribution in [2.75, 3.05) is 18.9 Å². The molecule has 1 atom stereocenters. The molecule has 1 unspecified atom stereocenters. The number of ether oxygens (including phenoxy) is 2. The lowest BCUT2D eigenvalue weighted by atomic mass is 10.2. The number of rotatable bonds is 5. The molecule has 0 spiro atoms. The summed E-state index contributed by atoms with van der Waals surface area (Å²) >= 11 is 1.72. The summed E-state index contributed by atoms with van der Waals surface area (Å²) in [6.07, 6.45) is -0.589. The van der Waals surface area contributed by atoms with E-state index < -0.39 is 6.10 Å². The van der Waals surface area contributed by atoms with Gasteiger partial charge in [0, 0.05) is 17.2 Å². The highest BCUT2D eigenvalue weighted by Gasteiger charge is 2.26. The van der Waals surface area contributed by atoms with E-state index in [1.807, 2.05) is 24.3 Å². The third-order valence-electron chi connectivity index (χ3n) is 3.49. The van der Waals surface area contributed by atoms with Gasteiger partial charge in [0.15, 0.2) is 11.5 Å². The third-order valence-corrected chi connectivity index (χ3v) is 4.51. The number of hydrogen-bond acceptors (Lipinski definition) is 4. The Labute approximate surface area is 140 Å². The van der Waals surface area contributed by atoms with Crippen LogP contribution in [-0.2, 0) is 4.79 Å². The Morgan fingerprint density at radius 2 is 1.91 bits per heavy atom. The number of fused-ring (bicyclic) bond motifs is 1. The van der Waals surface area contributed by atoms with Crippen molar-refractivity contribution in [1.82, 2.24) is 5.32 Å². The van der Waals surface area contributed by atoms with Crippen LogP contribution in [0.1, 0.15) is 5.56 Å². The Kier molecular flexibility index (Phi) is 5.08. The van der Waals surface area contributed by atoms with Gasteiger partial charge in [-0.25, -0.2) is 0 Å². The number of nitrogens with one attached hydrogen (secondary N) is 1. The highest BCUT2D eigenvalue weighted by molar-refractivity contribution is 7.99. The van der Waals surface area contributed by atoms with Crippen LogP contribution in [0.2, 0.25) is 0 Å². The summed E-state index contributed by atoms with van der Waals surface area (Å²) in [5.74, 6) is 1.99. The predicted octanol–water partition coefficient (Wildman–Crippen LogP) is 3.04. The molecule has 0 radical (unpaired) electrons. The smallest absolute Gasteiger partial charge is 0.264 e. The molecular weight excluding hydrogens is 310 g/mol. The summed E-state index contributed by atoms with van der Waals surface area (Å²) < 4.78 is 11.2. The molecule has 0 saturated carbocycles. The van der Waals surface area contributed by atoms with Crippen LogP contribution in [0, 0.1) is 6.92 Å². The number of thioether (sulfide) groups is 1. The molecule has 1 N–H and O–H groups in total. The van der Waals surface area contributed by atoms with E-state index in [1.54, 1.807) is 11.8 Å². The average molecular weight is 329 g/mol. The SMILES string of the molecule is Cc1ccc(SCCNC(=O)C2COc3ccccc3O2)cc1. The molecule has 2 aromatic carbocycles. The number of carbonyl (C=O) groups excluding carboxylic acids is 1. The van der Waals surface area contributed by atoms with Crippen LogP contribution in [0.15, 0.2) is 53.4 Å². The molecule has 0 aliphatic carbocycles. The molecule has 23 heavy (non-hydrogen) atoms. The summed E-state index contributed by atoms with van der Waals surface area (Å²) in [4.78, 5) is 13.3. The summed E-state index contributed by atoms with van der Waals surface area (Å²) in [6, 6.07) is 15.8. The molecule has 3 rings (SSSR count). The maximum atomic E-state index is 12.1. The lowest BCUT2D eigenvalue weighted by Gasteiger charge is -2.25. The van der Waals surface area contributed by atoms with Crippen molar-refractivity contribution in [3.8, 4) is 11.5 Å². The van der Waals surface area contributed by atoms with E-state index in [2.05, 4.69) is 36.5 Å². The molecule has 2 aromatic rings. The maximum Gasteiger partial charge on any atom is 0.264 e. The lowest BCUT2D eigenvalue weighted by molar-refractivity contribution is -0.130. The third kappa shape index (κ3) is 4.20. The molecule has 1 aliphatic heterocycles. The van der Waals surface area contributed by atoms with E-state index in [4.69, 9.17) is 9.47 Å². The topological polar surface area (TPSA) is 47.6 Å². The van der Waals surface area contributed by atoms with Gasteiger partial charge in [0.05, 0.1) is 0 Å². The Bertz CT molecular complexity index is 672. The van der Waals surface area contributed by atoms with Crippen molar-refractivity contribution in [2.24, 2.45) is 0 Å². The molecule has 0 bridgehead atoms. The minimum atomic E-state index is -0.589. The Balaban J connectivity index is 1.42. The first kappa shape index (κ1) is 15.7. The van der Waals surface area contributed by atoms with Crippen molar-refractivity contribution >= 4 is 17.7 Å². The van der Waals surface area contributed by atoms with Gasteiger partial charge in [-0.3, -0.25) is 4.79 Å². The largest absolute Gasteiger partial charge is 0.485 e. The van der Waals surface area contributed by atoms with Crippen molar-refractivity contribution in [1.29, 1.82) is 0 Å². The van der Waals surface area contributed by atoms with Gasteiger partial charge in [-0.1, -0.05) is 29.8 Å². The summed E-state index contributed by atoms with van der Waals surface area (Å²) in [5.41, 5.74) is 1.25. The van der Waals surface area contributed by atoms with Crippen molar-refractivity contribution in [3.63, 3.8) is 0 Å². The Morgan fingerprint density at radius 3 is 2.70 bits per heavy atom. The monoisotopic (exact) mass is 329 g/mol. The predicted molar refractivity (Wildman–Crippen MR) is 91.3 cm³/mol. The lowest BCUT2D eigenvalue weighted by Crippen LogP contribution is -2.44. The van der Waals surface area contributed by atoms with Gasteiger partial charge in [0.1, 0.15) is 6.61 Å². The minimum absolute atomic E-state index is 0.135. The van der Waals surface area contributed by atoms with Crippen molar-refractivity contribution in [3.05, 3.63) is 54.1 Å². The Hall–Kier alpha value is -2.14. The first-order valence-electron chi connectivity index (χ1n) is 7.58. The number of aryl methyl sites for hydroxylation is 1. The maximum absolute atomic E-state index is 12.1. The van der Waals surface area contributed by atoms with Gasteiger partial charge in [-0.2, -0.15) is 0 Å². The zero-order valence-electron chi connectivity index (χ0n) is 13.0. The zero-order chi connectivity index (χ0) is 16.1. The summed E-state index contributed by atoms with van der Waals surface area (Å²) in [7, 11) is 0. The number of hydrogen-bond donors (Lipinski definition) is 1. The fraction of sp³-hybridized carbons (Fsp3) is 0.278. The summed E-state index contributed by atoms with van der Waals surface area (Å²) in [6.45, 7) is 2.91. The number of benzene rings is 2. The van der Waals surface area contributed by atoms with Crippen LogP contribution < -0.4 is 14.8 Å². The molecule has 1 amide bonds. The normalized spacial score (nSPS) is 16.0. The van der Waals surface area contributed by atoms with Crippen LogP contribution in [0.3, 0.4) is 0 Å². The van der Waals surface area contributed by atoms with E-state index in [1.165, 1.54) is 10.5 Å². The molecule has 1 aliphatic rings. The van der Waals surface area contributed by atoms with Crippen LogP contribution >= 0.6 is 11.8 Å². The second kappa shape index (κ2) is 7.42. The van der Waals surface area contributed by atoms with Gasteiger partial charge in [-0.05, 0) is 31.2 Å². The van der Waals surface area contributed by atoms with E-state index in [0.717, 1.165) is 5.75 Å². The standard InChI is InChI=1S/C18H19NO3S/c1-13-6-8-14(9-7-13)23-11-10-19-18(20)17-12-21-15-4-2-3-5-16(15)22-17/h2-9,17H,10-12H2,1H3,(H,19,20). The Morgan fingerprint density at radius 1 is 1.17 bits per heavy atom. The van der Waals surface area contributed by atoms with Crippen LogP contribution in [0.25, 0.3) is 0 Å².